The molecule has 1 aromatic carbocycles. The van der Waals surface area contributed by atoms with E-state index in [-0.39, 0.29) is 5.56 Å². The zero-order chi connectivity index (χ0) is 16.0. The van der Waals surface area contributed by atoms with Crippen LogP contribution in [0.5, 0.6) is 0 Å². The second-order valence-electron chi connectivity index (χ2n) is 5.78. The molecule has 2 heterocycles. The van der Waals surface area contributed by atoms with Crippen LogP contribution < -0.4 is 11.3 Å². The number of amides is 1. The molecule has 1 aliphatic rings. The smallest absolute Gasteiger partial charge is 0.262 e. The Kier molecular flexibility index (Phi) is 3.27. The second kappa shape index (κ2) is 5.31. The molecular formula is C17H15N3O2S. The monoisotopic (exact) mass is 325 g/mol. The average Bonchev–Trinajstić information content (AvgIpc) is 3.11. The first kappa shape index (κ1) is 14.1. The fourth-order valence-corrected chi connectivity index (χ4v) is 4.37. The molecule has 1 amide bonds. The molecule has 2 aromatic heterocycles. The lowest BCUT2D eigenvalue weighted by Crippen LogP contribution is -2.21. The van der Waals surface area contributed by atoms with Crippen molar-refractivity contribution in [1.82, 2.24) is 9.55 Å². The topological polar surface area (TPSA) is 78.0 Å². The van der Waals surface area contributed by atoms with E-state index >= 15 is 0 Å². The number of rotatable bonds is 3. The van der Waals surface area contributed by atoms with Gasteiger partial charge in [0, 0.05) is 10.4 Å². The van der Waals surface area contributed by atoms with E-state index in [1.807, 2.05) is 6.07 Å². The molecular weight excluding hydrogens is 310 g/mol. The molecule has 0 unspecified atom stereocenters. The van der Waals surface area contributed by atoms with Gasteiger partial charge in [0.15, 0.2) is 0 Å². The molecule has 0 fully saturated rings. The summed E-state index contributed by atoms with van der Waals surface area (Å²) in [6.07, 6.45) is 4.73. The average molecular weight is 325 g/mol. The normalized spacial score (nSPS) is 13.4. The third kappa shape index (κ3) is 2.35. The van der Waals surface area contributed by atoms with Crippen LogP contribution in [-0.2, 0) is 19.4 Å². The van der Waals surface area contributed by atoms with Crippen molar-refractivity contribution in [3.63, 3.8) is 0 Å². The van der Waals surface area contributed by atoms with E-state index in [4.69, 9.17) is 5.73 Å². The van der Waals surface area contributed by atoms with Crippen LogP contribution in [0.2, 0.25) is 0 Å². The Morgan fingerprint density at radius 2 is 2.22 bits per heavy atom. The van der Waals surface area contributed by atoms with Crippen molar-refractivity contribution in [2.75, 3.05) is 0 Å². The predicted molar refractivity (Wildman–Crippen MR) is 90.0 cm³/mol. The van der Waals surface area contributed by atoms with Gasteiger partial charge in [0.25, 0.3) is 5.56 Å². The molecule has 1 aliphatic carbocycles. The van der Waals surface area contributed by atoms with Crippen LogP contribution in [0.4, 0.5) is 0 Å². The molecule has 0 saturated heterocycles. The number of fused-ring (bicyclic) bond motifs is 3. The number of aryl methyl sites for hydroxylation is 2. The van der Waals surface area contributed by atoms with Gasteiger partial charge in [0.05, 0.1) is 18.3 Å². The summed E-state index contributed by atoms with van der Waals surface area (Å²) in [5.41, 5.74) is 7.79. The molecule has 0 spiro atoms. The van der Waals surface area contributed by atoms with Gasteiger partial charge < -0.3 is 5.73 Å². The predicted octanol–water partition coefficient (Wildman–Crippen LogP) is 2.09. The highest BCUT2D eigenvalue weighted by atomic mass is 32.1. The fourth-order valence-electron chi connectivity index (χ4n) is 3.15. The van der Waals surface area contributed by atoms with E-state index in [9.17, 15) is 9.59 Å². The zero-order valence-corrected chi connectivity index (χ0v) is 13.2. The zero-order valence-electron chi connectivity index (χ0n) is 12.4. The van der Waals surface area contributed by atoms with E-state index in [0.29, 0.717) is 12.1 Å². The van der Waals surface area contributed by atoms with Gasteiger partial charge in [-0.25, -0.2) is 4.98 Å². The van der Waals surface area contributed by atoms with Gasteiger partial charge >= 0.3 is 0 Å². The SMILES string of the molecule is NC(=O)c1cccc(Cn2cnc3sc4c(c3c2=O)CCC4)c1. The van der Waals surface area contributed by atoms with Gasteiger partial charge in [-0.2, -0.15) is 0 Å². The lowest BCUT2D eigenvalue weighted by molar-refractivity contribution is 0.1000. The molecule has 0 bridgehead atoms. The van der Waals surface area contributed by atoms with E-state index < -0.39 is 5.91 Å². The standard InChI is InChI=1S/C17H15N3O2S/c18-15(21)11-4-1-3-10(7-11)8-20-9-19-16-14(17(20)22)12-5-2-6-13(12)23-16/h1,3-4,7,9H,2,5-6,8H2,(H2,18,21). The van der Waals surface area contributed by atoms with Gasteiger partial charge in [0.1, 0.15) is 4.83 Å². The van der Waals surface area contributed by atoms with Crippen molar-refractivity contribution in [3.05, 3.63) is 62.5 Å². The molecule has 6 heteroatoms. The van der Waals surface area contributed by atoms with Crippen LogP contribution in [-0.4, -0.2) is 15.5 Å². The van der Waals surface area contributed by atoms with Crippen LogP contribution in [0, 0.1) is 0 Å². The Morgan fingerprint density at radius 1 is 1.35 bits per heavy atom. The molecule has 0 atom stereocenters. The van der Waals surface area contributed by atoms with E-state index in [0.717, 1.165) is 35.0 Å². The highest BCUT2D eigenvalue weighted by Gasteiger charge is 2.21. The largest absolute Gasteiger partial charge is 0.366 e. The van der Waals surface area contributed by atoms with Crippen LogP contribution >= 0.6 is 11.3 Å². The van der Waals surface area contributed by atoms with Gasteiger partial charge in [-0.05, 0) is 42.5 Å². The fraction of sp³-hybridized carbons (Fsp3) is 0.235. The third-order valence-electron chi connectivity index (χ3n) is 4.26. The first-order chi connectivity index (χ1) is 11.1. The number of nitrogens with two attached hydrogens (primary N) is 1. The number of carbonyl (C=O) groups excluding carboxylic acids is 1. The van der Waals surface area contributed by atoms with Gasteiger partial charge in [-0.3, -0.25) is 14.2 Å². The lowest BCUT2D eigenvalue weighted by Gasteiger charge is -2.07. The van der Waals surface area contributed by atoms with Crippen LogP contribution in [0.25, 0.3) is 10.2 Å². The highest BCUT2D eigenvalue weighted by molar-refractivity contribution is 7.18. The number of nitrogens with zero attached hydrogens (tertiary/aromatic N) is 2. The van der Waals surface area contributed by atoms with Gasteiger partial charge in [-0.1, -0.05) is 12.1 Å². The number of aromatic nitrogens is 2. The summed E-state index contributed by atoms with van der Waals surface area (Å²) in [5, 5.41) is 0.774. The molecule has 5 nitrogen and oxygen atoms in total. The number of carbonyl (C=O) groups is 1. The molecule has 3 aromatic rings. The van der Waals surface area contributed by atoms with Crippen molar-refractivity contribution in [2.45, 2.75) is 25.8 Å². The first-order valence-electron chi connectivity index (χ1n) is 7.52. The molecule has 0 aliphatic heterocycles. The van der Waals surface area contributed by atoms with Crippen molar-refractivity contribution in [1.29, 1.82) is 0 Å². The van der Waals surface area contributed by atoms with Crippen molar-refractivity contribution >= 4 is 27.5 Å². The van der Waals surface area contributed by atoms with Crippen LogP contribution in [0.15, 0.2) is 35.4 Å². The Balaban J connectivity index is 1.78. The summed E-state index contributed by atoms with van der Waals surface area (Å²) in [6, 6.07) is 7.04. The maximum atomic E-state index is 12.8. The molecule has 0 saturated carbocycles. The van der Waals surface area contributed by atoms with Crippen LogP contribution in [0.3, 0.4) is 0 Å². The van der Waals surface area contributed by atoms with Gasteiger partial charge in [-0.15, -0.1) is 11.3 Å². The number of primary amides is 1. The van der Waals surface area contributed by atoms with Crippen LogP contribution in [0.1, 0.15) is 32.8 Å². The second-order valence-corrected chi connectivity index (χ2v) is 6.86. The first-order valence-corrected chi connectivity index (χ1v) is 8.33. The molecule has 2 N–H and O–H groups in total. The summed E-state index contributed by atoms with van der Waals surface area (Å²) < 4.78 is 1.60. The minimum atomic E-state index is -0.469. The number of thiophene rings is 1. The maximum absolute atomic E-state index is 12.8. The highest BCUT2D eigenvalue weighted by Crippen LogP contribution is 2.34. The quantitative estimate of drug-likeness (QED) is 0.801. The number of benzene rings is 1. The summed E-state index contributed by atoms with van der Waals surface area (Å²) in [4.78, 5) is 30.7. The third-order valence-corrected chi connectivity index (χ3v) is 5.46. The minimum absolute atomic E-state index is 0.00104. The van der Waals surface area contributed by atoms with Crippen molar-refractivity contribution in [3.8, 4) is 0 Å². The van der Waals surface area contributed by atoms with Crippen molar-refractivity contribution in [2.24, 2.45) is 5.73 Å². The number of hydrogen-bond acceptors (Lipinski definition) is 4. The molecule has 116 valence electrons. The maximum Gasteiger partial charge on any atom is 0.262 e. The summed E-state index contributed by atoms with van der Waals surface area (Å²) in [7, 11) is 0. The molecule has 0 radical (unpaired) electrons. The summed E-state index contributed by atoms with van der Waals surface area (Å²) in [5.74, 6) is -0.469. The minimum Gasteiger partial charge on any atom is -0.366 e. The lowest BCUT2D eigenvalue weighted by atomic mass is 10.1. The Bertz CT molecular complexity index is 987. The van der Waals surface area contributed by atoms with Crippen molar-refractivity contribution < 1.29 is 4.79 Å². The molecule has 4 rings (SSSR count). The summed E-state index contributed by atoms with van der Waals surface area (Å²) >= 11 is 1.64. The summed E-state index contributed by atoms with van der Waals surface area (Å²) in [6.45, 7) is 0.382. The molecule has 23 heavy (non-hydrogen) atoms. The Hall–Kier alpha value is -2.47. The van der Waals surface area contributed by atoms with E-state index in [2.05, 4.69) is 4.98 Å². The Morgan fingerprint density at radius 3 is 3.04 bits per heavy atom. The van der Waals surface area contributed by atoms with E-state index in [1.54, 1.807) is 40.4 Å². The number of hydrogen-bond donors (Lipinski definition) is 1. The Labute approximate surface area is 136 Å². The van der Waals surface area contributed by atoms with E-state index in [1.165, 1.54) is 10.4 Å². The van der Waals surface area contributed by atoms with Gasteiger partial charge in [0.2, 0.25) is 5.91 Å².